The maximum absolute atomic E-state index is 5.56. The van der Waals surface area contributed by atoms with E-state index in [9.17, 15) is 0 Å². The van der Waals surface area contributed by atoms with Gasteiger partial charge < -0.3 is 10.6 Å². The lowest BCUT2D eigenvalue weighted by molar-refractivity contribution is 0.583. The first kappa shape index (κ1) is 12.0. The smallest absolute Gasteiger partial charge is 0.128 e. The molecular weight excluding hydrogens is 186 g/mol. The molecule has 1 aromatic rings. The molecule has 0 bridgehead atoms. The minimum Gasteiger partial charge on any atom is -0.360 e. The van der Waals surface area contributed by atoms with E-state index in [0.29, 0.717) is 6.54 Å². The van der Waals surface area contributed by atoms with E-state index in [1.807, 2.05) is 18.2 Å². The van der Waals surface area contributed by atoms with Gasteiger partial charge in [-0.25, -0.2) is 4.98 Å². The summed E-state index contributed by atoms with van der Waals surface area (Å²) in [4.78, 5) is 6.65. The Morgan fingerprint density at radius 2 is 2.13 bits per heavy atom. The van der Waals surface area contributed by atoms with Gasteiger partial charge in [-0.1, -0.05) is 19.9 Å². The largest absolute Gasteiger partial charge is 0.360 e. The Labute approximate surface area is 92.3 Å². The zero-order valence-electron chi connectivity index (χ0n) is 9.90. The number of hydrogen-bond donors (Lipinski definition) is 1. The fraction of sp³-hybridized carbons (Fsp3) is 0.583. The molecule has 0 aliphatic carbocycles. The highest BCUT2D eigenvalue weighted by Crippen LogP contribution is 2.11. The molecule has 84 valence electrons. The van der Waals surface area contributed by atoms with Crippen LogP contribution in [-0.4, -0.2) is 18.6 Å². The van der Waals surface area contributed by atoms with Gasteiger partial charge in [0.15, 0.2) is 0 Å². The number of nitrogens with zero attached hydrogens (tertiary/aromatic N) is 2. The quantitative estimate of drug-likeness (QED) is 0.803. The van der Waals surface area contributed by atoms with E-state index in [4.69, 9.17) is 5.73 Å². The second-order valence-electron chi connectivity index (χ2n) is 4.30. The van der Waals surface area contributed by atoms with Crippen LogP contribution in [0.3, 0.4) is 0 Å². The maximum Gasteiger partial charge on any atom is 0.128 e. The Balaban J connectivity index is 2.60. The molecule has 0 aliphatic rings. The molecule has 0 unspecified atom stereocenters. The zero-order chi connectivity index (χ0) is 11.3. The van der Waals surface area contributed by atoms with Crippen LogP contribution < -0.4 is 10.6 Å². The first-order valence-electron chi connectivity index (χ1n) is 5.50. The summed E-state index contributed by atoms with van der Waals surface area (Å²) in [6.07, 6.45) is 1.19. The van der Waals surface area contributed by atoms with Crippen LogP contribution in [0.2, 0.25) is 0 Å². The summed E-state index contributed by atoms with van der Waals surface area (Å²) in [5, 5.41) is 0. The maximum atomic E-state index is 5.56. The van der Waals surface area contributed by atoms with Crippen molar-refractivity contribution in [3.63, 3.8) is 0 Å². The summed E-state index contributed by atoms with van der Waals surface area (Å²) in [6, 6.07) is 6.00. The van der Waals surface area contributed by atoms with Gasteiger partial charge in [0.1, 0.15) is 5.82 Å². The summed E-state index contributed by atoms with van der Waals surface area (Å²) in [6.45, 7) is 6.01. The van der Waals surface area contributed by atoms with E-state index in [-0.39, 0.29) is 0 Å². The van der Waals surface area contributed by atoms with Crippen molar-refractivity contribution in [3.05, 3.63) is 23.9 Å². The van der Waals surface area contributed by atoms with Crippen molar-refractivity contribution in [2.24, 2.45) is 11.7 Å². The van der Waals surface area contributed by atoms with Gasteiger partial charge in [0.05, 0.1) is 5.69 Å². The SMILES string of the molecule is CC(C)CCN(C)c1cccc(CN)n1. The molecule has 15 heavy (non-hydrogen) atoms. The second kappa shape index (κ2) is 5.71. The second-order valence-corrected chi connectivity index (χ2v) is 4.30. The van der Waals surface area contributed by atoms with Crippen molar-refractivity contribution in [2.75, 3.05) is 18.5 Å². The average Bonchev–Trinajstić information content (AvgIpc) is 2.26. The standard InChI is InChI=1S/C12H21N3/c1-10(2)7-8-15(3)12-6-4-5-11(9-13)14-12/h4-6,10H,7-9,13H2,1-3H3. The Morgan fingerprint density at radius 3 is 2.73 bits per heavy atom. The number of nitrogens with two attached hydrogens (primary N) is 1. The van der Waals surface area contributed by atoms with Crippen molar-refractivity contribution in [3.8, 4) is 0 Å². The molecule has 0 spiro atoms. The van der Waals surface area contributed by atoms with Gasteiger partial charge >= 0.3 is 0 Å². The van der Waals surface area contributed by atoms with E-state index < -0.39 is 0 Å². The molecule has 0 saturated carbocycles. The minimum atomic E-state index is 0.506. The molecule has 1 heterocycles. The van der Waals surface area contributed by atoms with Crippen molar-refractivity contribution in [2.45, 2.75) is 26.8 Å². The molecule has 0 fully saturated rings. The van der Waals surface area contributed by atoms with Gasteiger partial charge in [0.25, 0.3) is 0 Å². The molecule has 0 radical (unpaired) electrons. The monoisotopic (exact) mass is 207 g/mol. The molecule has 0 saturated heterocycles. The van der Waals surface area contributed by atoms with Crippen LogP contribution in [0.25, 0.3) is 0 Å². The van der Waals surface area contributed by atoms with Gasteiger partial charge in [-0.3, -0.25) is 0 Å². The van der Waals surface area contributed by atoms with E-state index in [1.165, 1.54) is 6.42 Å². The Morgan fingerprint density at radius 1 is 1.40 bits per heavy atom. The summed E-state index contributed by atoms with van der Waals surface area (Å²) in [7, 11) is 2.07. The zero-order valence-corrected chi connectivity index (χ0v) is 9.90. The Hall–Kier alpha value is -1.09. The fourth-order valence-corrected chi connectivity index (χ4v) is 1.36. The number of rotatable bonds is 5. The normalized spacial score (nSPS) is 10.7. The molecule has 3 heteroatoms. The van der Waals surface area contributed by atoms with E-state index >= 15 is 0 Å². The van der Waals surface area contributed by atoms with Gasteiger partial charge in [0.2, 0.25) is 0 Å². The van der Waals surface area contributed by atoms with E-state index in [2.05, 4.69) is 30.8 Å². The highest BCUT2D eigenvalue weighted by Gasteiger charge is 2.03. The summed E-state index contributed by atoms with van der Waals surface area (Å²) in [5.41, 5.74) is 6.51. The van der Waals surface area contributed by atoms with Crippen LogP contribution in [0.4, 0.5) is 5.82 Å². The van der Waals surface area contributed by atoms with Crippen molar-refractivity contribution in [1.82, 2.24) is 4.98 Å². The topological polar surface area (TPSA) is 42.1 Å². The van der Waals surface area contributed by atoms with Gasteiger partial charge in [0, 0.05) is 20.1 Å². The third-order valence-electron chi connectivity index (χ3n) is 2.43. The van der Waals surface area contributed by atoms with E-state index in [1.54, 1.807) is 0 Å². The van der Waals surface area contributed by atoms with Gasteiger partial charge in [-0.05, 0) is 24.5 Å². The Bertz CT molecular complexity index is 297. The van der Waals surface area contributed by atoms with E-state index in [0.717, 1.165) is 24.0 Å². The first-order chi connectivity index (χ1) is 7.13. The molecule has 1 rings (SSSR count). The number of hydrogen-bond acceptors (Lipinski definition) is 3. The lowest BCUT2D eigenvalue weighted by atomic mass is 10.1. The van der Waals surface area contributed by atoms with Crippen molar-refractivity contribution < 1.29 is 0 Å². The molecule has 0 aromatic carbocycles. The van der Waals surface area contributed by atoms with Crippen LogP contribution in [-0.2, 0) is 6.54 Å². The third kappa shape index (κ3) is 3.88. The lowest BCUT2D eigenvalue weighted by Gasteiger charge is -2.19. The van der Waals surface area contributed by atoms with Crippen LogP contribution in [0.15, 0.2) is 18.2 Å². The predicted molar refractivity (Wildman–Crippen MR) is 64.9 cm³/mol. The molecule has 3 nitrogen and oxygen atoms in total. The number of anilines is 1. The van der Waals surface area contributed by atoms with Crippen LogP contribution in [0.1, 0.15) is 26.0 Å². The molecular formula is C12H21N3. The first-order valence-corrected chi connectivity index (χ1v) is 5.50. The van der Waals surface area contributed by atoms with Gasteiger partial charge in [-0.15, -0.1) is 0 Å². The van der Waals surface area contributed by atoms with Gasteiger partial charge in [-0.2, -0.15) is 0 Å². The summed E-state index contributed by atoms with van der Waals surface area (Å²) < 4.78 is 0. The molecule has 1 aromatic heterocycles. The number of pyridine rings is 1. The minimum absolute atomic E-state index is 0.506. The summed E-state index contributed by atoms with van der Waals surface area (Å²) in [5.74, 6) is 1.74. The van der Waals surface area contributed by atoms with Crippen LogP contribution >= 0.6 is 0 Å². The van der Waals surface area contributed by atoms with Crippen molar-refractivity contribution >= 4 is 5.82 Å². The molecule has 2 N–H and O–H groups in total. The molecule has 0 aliphatic heterocycles. The molecule has 0 atom stereocenters. The van der Waals surface area contributed by atoms with Crippen LogP contribution in [0.5, 0.6) is 0 Å². The highest BCUT2D eigenvalue weighted by atomic mass is 15.2. The van der Waals surface area contributed by atoms with Crippen LogP contribution in [0, 0.1) is 5.92 Å². The van der Waals surface area contributed by atoms with Crippen molar-refractivity contribution in [1.29, 1.82) is 0 Å². The highest BCUT2D eigenvalue weighted by molar-refractivity contribution is 5.38. The predicted octanol–water partition coefficient (Wildman–Crippen LogP) is 2.02. The summed E-state index contributed by atoms with van der Waals surface area (Å²) >= 11 is 0. The third-order valence-corrected chi connectivity index (χ3v) is 2.43. The lowest BCUT2D eigenvalue weighted by Crippen LogP contribution is -2.21. The number of aromatic nitrogens is 1. The molecule has 0 amide bonds. The fourth-order valence-electron chi connectivity index (χ4n) is 1.36. The average molecular weight is 207 g/mol. The Kier molecular flexibility index (Phi) is 4.56.